The molecule has 3 nitrogen and oxygen atoms in total. The molecule has 0 amide bonds. The molecule has 1 aliphatic heterocycles. The minimum Gasteiger partial charge on any atom is -0.381 e. The summed E-state index contributed by atoms with van der Waals surface area (Å²) in [6, 6.07) is 6.87. The zero-order valence-corrected chi connectivity index (χ0v) is 13.9. The topological polar surface area (TPSA) is 30.5 Å². The molecule has 0 saturated carbocycles. The van der Waals surface area contributed by atoms with Crippen LogP contribution in [0.25, 0.3) is 0 Å². The Balaban J connectivity index is 2.25. The SMILES string of the molecule is CCNC(Cc1c(C)cccc1C)C1(OC)CCOCC1. The lowest BCUT2D eigenvalue weighted by Crippen LogP contribution is -2.56. The maximum absolute atomic E-state index is 6.00. The van der Waals surface area contributed by atoms with Gasteiger partial charge in [0.05, 0.1) is 5.60 Å². The second kappa shape index (κ2) is 7.39. The van der Waals surface area contributed by atoms with Gasteiger partial charge in [0, 0.05) is 39.2 Å². The highest BCUT2D eigenvalue weighted by atomic mass is 16.5. The van der Waals surface area contributed by atoms with E-state index in [-0.39, 0.29) is 5.60 Å². The van der Waals surface area contributed by atoms with Crippen LogP contribution in [0, 0.1) is 13.8 Å². The molecular weight excluding hydrogens is 262 g/mol. The van der Waals surface area contributed by atoms with E-state index in [9.17, 15) is 0 Å². The van der Waals surface area contributed by atoms with Crippen molar-refractivity contribution in [3.8, 4) is 0 Å². The average molecular weight is 291 g/mol. The van der Waals surface area contributed by atoms with Crippen LogP contribution in [-0.2, 0) is 15.9 Å². The lowest BCUT2D eigenvalue weighted by atomic mass is 9.81. The van der Waals surface area contributed by atoms with E-state index < -0.39 is 0 Å². The molecule has 1 heterocycles. The molecule has 0 aliphatic carbocycles. The van der Waals surface area contributed by atoms with Crippen LogP contribution in [-0.4, -0.2) is 38.5 Å². The fourth-order valence-corrected chi connectivity index (χ4v) is 3.48. The lowest BCUT2D eigenvalue weighted by Gasteiger charge is -2.43. The molecule has 1 aromatic rings. The van der Waals surface area contributed by atoms with E-state index in [2.05, 4.69) is 44.3 Å². The minimum atomic E-state index is -0.108. The predicted molar refractivity (Wildman–Crippen MR) is 86.9 cm³/mol. The van der Waals surface area contributed by atoms with Crippen molar-refractivity contribution in [2.24, 2.45) is 0 Å². The molecule has 1 aromatic carbocycles. The van der Waals surface area contributed by atoms with Crippen LogP contribution in [0.5, 0.6) is 0 Å². The summed E-state index contributed by atoms with van der Waals surface area (Å²) in [5.41, 5.74) is 4.09. The van der Waals surface area contributed by atoms with Crippen LogP contribution >= 0.6 is 0 Å². The summed E-state index contributed by atoms with van der Waals surface area (Å²) in [5.74, 6) is 0. The van der Waals surface area contributed by atoms with E-state index in [4.69, 9.17) is 9.47 Å². The number of methoxy groups -OCH3 is 1. The smallest absolute Gasteiger partial charge is 0.0877 e. The standard InChI is InChI=1S/C18H29NO2/c1-5-19-17(18(20-4)9-11-21-12-10-18)13-16-14(2)7-6-8-15(16)3/h6-8,17,19H,5,9-13H2,1-4H3. The molecule has 3 heteroatoms. The van der Waals surface area contributed by atoms with E-state index >= 15 is 0 Å². The Hall–Kier alpha value is -0.900. The molecule has 1 fully saturated rings. The molecule has 2 rings (SSSR count). The summed E-state index contributed by atoms with van der Waals surface area (Å²) in [5, 5.41) is 3.67. The highest BCUT2D eigenvalue weighted by Gasteiger charge is 2.40. The Bertz CT molecular complexity index is 432. The molecule has 1 N–H and O–H groups in total. The number of hydrogen-bond acceptors (Lipinski definition) is 3. The monoisotopic (exact) mass is 291 g/mol. The highest BCUT2D eigenvalue weighted by Crippen LogP contribution is 2.31. The average Bonchev–Trinajstić information content (AvgIpc) is 2.50. The number of rotatable bonds is 6. The zero-order valence-electron chi connectivity index (χ0n) is 13.9. The first-order chi connectivity index (χ1) is 10.1. The Kier molecular flexibility index (Phi) is 5.80. The Morgan fingerprint density at radius 3 is 2.38 bits per heavy atom. The van der Waals surface area contributed by atoms with Crippen LogP contribution in [0.3, 0.4) is 0 Å². The molecule has 1 saturated heterocycles. The van der Waals surface area contributed by atoms with Gasteiger partial charge in [-0.15, -0.1) is 0 Å². The number of hydrogen-bond donors (Lipinski definition) is 1. The first-order valence-electron chi connectivity index (χ1n) is 8.04. The highest BCUT2D eigenvalue weighted by molar-refractivity contribution is 5.34. The van der Waals surface area contributed by atoms with E-state index in [0.717, 1.165) is 39.0 Å². The predicted octanol–water partition coefficient (Wildman–Crippen LogP) is 3.02. The van der Waals surface area contributed by atoms with Crippen molar-refractivity contribution in [3.05, 3.63) is 34.9 Å². The molecule has 1 atom stereocenters. The van der Waals surface area contributed by atoms with Crippen molar-refractivity contribution in [1.82, 2.24) is 5.32 Å². The molecular formula is C18H29NO2. The van der Waals surface area contributed by atoms with Gasteiger partial charge >= 0.3 is 0 Å². The van der Waals surface area contributed by atoms with Crippen LogP contribution in [0.1, 0.15) is 36.5 Å². The first kappa shape index (κ1) is 16.5. The number of ether oxygens (including phenoxy) is 2. The third kappa shape index (κ3) is 3.65. The van der Waals surface area contributed by atoms with Gasteiger partial charge in [-0.1, -0.05) is 25.1 Å². The summed E-state index contributed by atoms with van der Waals surface area (Å²) in [4.78, 5) is 0. The van der Waals surface area contributed by atoms with E-state index in [0.29, 0.717) is 6.04 Å². The van der Waals surface area contributed by atoms with Crippen LogP contribution < -0.4 is 5.32 Å². The second-order valence-electron chi connectivity index (χ2n) is 6.07. The van der Waals surface area contributed by atoms with Gasteiger partial charge in [-0.05, 0) is 43.5 Å². The van der Waals surface area contributed by atoms with Gasteiger partial charge in [0.1, 0.15) is 0 Å². The van der Waals surface area contributed by atoms with Gasteiger partial charge in [-0.3, -0.25) is 0 Å². The van der Waals surface area contributed by atoms with Crippen molar-refractivity contribution in [1.29, 1.82) is 0 Å². The Morgan fingerprint density at radius 1 is 1.24 bits per heavy atom. The lowest BCUT2D eigenvalue weighted by molar-refractivity contribution is -0.110. The van der Waals surface area contributed by atoms with E-state index in [1.807, 2.05) is 7.11 Å². The third-order valence-electron chi connectivity index (χ3n) is 4.88. The largest absolute Gasteiger partial charge is 0.381 e. The quantitative estimate of drug-likeness (QED) is 0.874. The Morgan fingerprint density at radius 2 is 1.86 bits per heavy atom. The van der Waals surface area contributed by atoms with Crippen molar-refractivity contribution < 1.29 is 9.47 Å². The maximum Gasteiger partial charge on any atom is 0.0877 e. The minimum absolute atomic E-state index is 0.108. The van der Waals surface area contributed by atoms with Crippen LogP contribution in [0.2, 0.25) is 0 Å². The fourth-order valence-electron chi connectivity index (χ4n) is 3.48. The van der Waals surface area contributed by atoms with Crippen LogP contribution in [0.15, 0.2) is 18.2 Å². The summed E-state index contributed by atoms with van der Waals surface area (Å²) >= 11 is 0. The molecule has 0 aromatic heterocycles. The molecule has 118 valence electrons. The fraction of sp³-hybridized carbons (Fsp3) is 0.667. The number of benzene rings is 1. The number of likely N-dealkylation sites (N-methyl/N-ethyl adjacent to an activating group) is 1. The molecule has 1 aliphatic rings. The van der Waals surface area contributed by atoms with Crippen molar-refractivity contribution in [2.45, 2.75) is 51.7 Å². The first-order valence-corrected chi connectivity index (χ1v) is 8.04. The van der Waals surface area contributed by atoms with Gasteiger partial charge < -0.3 is 14.8 Å². The van der Waals surface area contributed by atoms with E-state index in [1.165, 1.54) is 16.7 Å². The van der Waals surface area contributed by atoms with Crippen molar-refractivity contribution >= 4 is 0 Å². The molecule has 21 heavy (non-hydrogen) atoms. The maximum atomic E-state index is 6.00. The molecule has 1 unspecified atom stereocenters. The zero-order chi connectivity index (χ0) is 15.3. The van der Waals surface area contributed by atoms with Gasteiger partial charge in [0.2, 0.25) is 0 Å². The molecule has 0 bridgehead atoms. The summed E-state index contributed by atoms with van der Waals surface area (Å²) in [7, 11) is 1.85. The van der Waals surface area contributed by atoms with E-state index in [1.54, 1.807) is 0 Å². The summed E-state index contributed by atoms with van der Waals surface area (Å²) < 4.78 is 11.5. The second-order valence-corrected chi connectivity index (χ2v) is 6.07. The normalized spacial score (nSPS) is 19.4. The van der Waals surface area contributed by atoms with Gasteiger partial charge in [0.15, 0.2) is 0 Å². The van der Waals surface area contributed by atoms with Crippen LogP contribution in [0.4, 0.5) is 0 Å². The third-order valence-corrected chi connectivity index (χ3v) is 4.88. The Labute approximate surface area is 129 Å². The van der Waals surface area contributed by atoms with Gasteiger partial charge in [0.25, 0.3) is 0 Å². The van der Waals surface area contributed by atoms with Gasteiger partial charge in [-0.25, -0.2) is 0 Å². The molecule has 0 radical (unpaired) electrons. The van der Waals surface area contributed by atoms with Crippen molar-refractivity contribution in [2.75, 3.05) is 26.9 Å². The number of nitrogens with one attached hydrogen (secondary N) is 1. The number of aryl methyl sites for hydroxylation is 2. The summed E-state index contributed by atoms with van der Waals surface area (Å²) in [6.45, 7) is 9.12. The molecule has 0 spiro atoms. The summed E-state index contributed by atoms with van der Waals surface area (Å²) in [6.07, 6.45) is 2.94. The van der Waals surface area contributed by atoms with Gasteiger partial charge in [-0.2, -0.15) is 0 Å². The van der Waals surface area contributed by atoms with Crippen molar-refractivity contribution in [3.63, 3.8) is 0 Å².